The van der Waals surface area contributed by atoms with Crippen LogP contribution in [0.4, 0.5) is 0 Å². The van der Waals surface area contributed by atoms with Crippen LogP contribution in [-0.2, 0) is 11.3 Å². The monoisotopic (exact) mass is 215 g/mol. The first kappa shape index (κ1) is 11.0. The smallest absolute Gasteiger partial charge is 0.237 e. The highest BCUT2D eigenvalue weighted by atomic mass is 35.5. The molecule has 1 unspecified atom stereocenters. The van der Waals surface area contributed by atoms with E-state index in [0.29, 0.717) is 13.1 Å². The van der Waals surface area contributed by atoms with Crippen molar-refractivity contribution in [2.45, 2.75) is 25.8 Å². The van der Waals surface area contributed by atoms with Gasteiger partial charge in [-0.25, -0.2) is 0 Å². The van der Waals surface area contributed by atoms with Gasteiger partial charge in [0.2, 0.25) is 5.91 Å². The van der Waals surface area contributed by atoms with Gasteiger partial charge in [0.15, 0.2) is 0 Å². The molecule has 0 saturated heterocycles. The minimum Gasteiger partial charge on any atom is -0.353 e. The van der Waals surface area contributed by atoms with Crippen LogP contribution in [0.15, 0.2) is 12.4 Å². The zero-order valence-corrected chi connectivity index (χ0v) is 9.08. The maximum atomic E-state index is 11.1. The van der Waals surface area contributed by atoms with E-state index in [0.717, 1.165) is 5.56 Å². The maximum absolute atomic E-state index is 11.1. The van der Waals surface area contributed by atoms with Crippen LogP contribution in [0.1, 0.15) is 12.5 Å². The fourth-order valence-corrected chi connectivity index (χ4v) is 1.10. The summed E-state index contributed by atoms with van der Waals surface area (Å²) in [5, 5.41) is 6.32. The summed E-state index contributed by atoms with van der Waals surface area (Å²) in [7, 11) is 0. The lowest BCUT2D eigenvalue weighted by molar-refractivity contribution is -0.120. The molecule has 14 heavy (non-hydrogen) atoms. The van der Waals surface area contributed by atoms with E-state index in [1.165, 1.54) is 0 Å². The van der Waals surface area contributed by atoms with Gasteiger partial charge in [0.05, 0.1) is 12.7 Å². The maximum Gasteiger partial charge on any atom is 0.237 e. The summed E-state index contributed by atoms with van der Waals surface area (Å²) in [5.41, 5.74) is 1.11. The molecule has 0 aliphatic carbocycles. The molecule has 1 aromatic heterocycles. The Morgan fingerprint density at radius 3 is 3.00 bits per heavy atom. The van der Waals surface area contributed by atoms with Crippen LogP contribution in [0, 0.1) is 6.92 Å². The molecule has 0 aromatic carbocycles. The lowest BCUT2D eigenvalue weighted by atomic mass is 10.4. The molecule has 1 rings (SSSR count). The van der Waals surface area contributed by atoms with E-state index >= 15 is 0 Å². The minimum absolute atomic E-state index is 0.143. The third-order valence-electron chi connectivity index (χ3n) is 1.76. The highest BCUT2D eigenvalue weighted by molar-refractivity contribution is 6.30. The van der Waals surface area contributed by atoms with Crippen molar-refractivity contribution in [2.24, 2.45) is 0 Å². The quantitative estimate of drug-likeness (QED) is 0.760. The Hall–Kier alpha value is -1.03. The molecule has 0 aliphatic heterocycles. The van der Waals surface area contributed by atoms with Crippen LogP contribution in [0.2, 0.25) is 0 Å². The molecule has 4 nitrogen and oxygen atoms in total. The van der Waals surface area contributed by atoms with E-state index in [9.17, 15) is 4.79 Å². The molecule has 0 aliphatic rings. The Labute approximate surface area is 88.2 Å². The summed E-state index contributed by atoms with van der Waals surface area (Å²) in [5.74, 6) is -0.143. The second-order valence-corrected chi connectivity index (χ2v) is 3.84. The third kappa shape index (κ3) is 3.38. The predicted molar refractivity (Wildman–Crippen MR) is 55.3 cm³/mol. The Bertz CT molecular complexity index is 309. The second kappa shape index (κ2) is 5.00. The largest absolute Gasteiger partial charge is 0.353 e. The number of amides is 1. The van der Waals surface area contributed by atoms with Crippen molar-refractivity contribution < 1.29 is 4.79 Å². The molecule has 0 radical (unpaired) electrons. The van der Waals surface area contributed by atoms with E-state index in [4.69, 9.17) is 11.6 Å². The Morgan fingerprint density at radius 1 is 1.79 bits per heavy atom. The highest BCUT2D eigenvalue weighted by Gasteiger charge is 2.07. The van der Waals surface area contributed by atoms with Crippen LogP contribution in [-0.4, -0.2) is 27.6 Å². The molecule has 1 aromatic rings. The molecule has 1 amide bonds. The molecule has 5 heteroatoms. The normalized spacial score (nSPS) is 12.5. The molecule has 0 saturated carbocycles. The summed E-state index contributed by atoms with van der Waals surface area (Å²) in [6.07, 6.45) is 3.71. The van der Waals surface area contributed by atoms with Crippen LogP contribution >= 0.6 is 11.6 Å². The molecule has 1 atom stereocenters. The van der Waals surface area contributed by atoms with E-state index in [1.807, 2.05) is 13.1 Å². The van der Waals surface area contributed by atoms with Gasteiger partial charge in [-0.15, -0.1) is 11.6 Å². The van der Waals surface area contributed by atoms with E-state index in [1.54, 1.807) is 17.8 Å². The molecule has 0 spiro atoms. The SMILES string of the molecule is Cc1cnn(CCNC(=O)C(C)Cl)c1. The Morgan fingerprint density at radius 2 is 2.50 bits per heavy atom. The predicted octanol–water partition coefficient (Wildman–Crippen LogP) is 0.935. The first-order valence-electron chi connectivity index (χ1n) is 4.50. The summed E-state index contributed by atoms with van der Waals surface area (Å²) in [4.78, 5) is 11.1. The van der Waals surface area contributed by atoms with Gasteiger partial charge in [0, 0.05) is 12.7 Å². The van der Waals surface area contributed by atoms with Crippen molar-refractivity contribution in [3.05, 3.63) is 18.0 Å². The number of nitrogens with one attached hydrogen (secondary N) is 1. The van der Waals surface area contributed by atoms with Crippen molar-refractivity contribution >= 4 is 17.5 Å². The second-order valence-electron chi connectivity index (χ2n) is 3.19. The van der Waals surface area contributed by atoms with Crippen molar-refractivity contribution in [1.82, 2.24) is 15.1 Å². The van der Waals surface area contributed by atoms with Gasteiger partial charge >= 0.3 is 0 Å². The number of hydrogen-bond acceptors (Lipinski definition) is 2. The van der Waals surface area contributed by atoms with E-state index in [-0.39, 0.29) is 5.91 Å². The number of carbonyl (C=O) groups excluding carboxylic acids is 1. The molecular formula is C9H14ClN3O. The average Bonchev–Trinajstić information content (AvgIpc) is 2.51. The molecular weight excluding hydrogens is 202 g/mol. The van der Waals surface area contributed by atoms with E-state index < -0.39 is 5.38 Å². The van der Waals surface area contributed by atoms with Gasteiger partial charge in [0.25, 0.3) is 0 Å². The topological polar surface area (TPSA) is 46.9 Å². The fourth-order valence-electron chi connectivity index (χ4n) is 1.02. The standard InChI is InChI=1S/C9H14ClN3O/c1-7-5-12-13(6-7)4-3-11-9(14)8(2)10/h5-6,8H,3-4H2,1-2H3,(H,11,14). The molecule has 0 fully saturated rings. The molecule has 1 N–H and O–H groups in total. The van der Waals surface area contributed by atoms with Crippen molar-refractivity contribution in [3.63, 3.8) is 0 Å². The van der Waals surface area contributed by atoms with Crippen molar-refractivity contribution in [1.29, 1.82) is 0 Å². The summed E-state index contributed by atoms with van der Waals surface area (Å²) in [6, 6.07) is 0. The number of carbonyl (C=O) groups is 1. The van der Waals surface area contributed by atoms with Gasteiger partial charge in [-0.3, -0.25) is 9.48 Å². The number of nitrogens with zero attached hydrogens (tertiary/aromatic N) is 2. The van der Waals surface area contributed by atoms with Gasteiger partial charge in [-0.05, 0) is 19.4 Å². The van der Waals surface area contributed by atoms with Crippen LogP contribution in [0.3, 0.4) is 0 Å². The average molecular weight is 216 g/mol. The molecule has 1 heterocycles. The third-order valence-corrected chi connectivity index (χ3v) is 1.96. The fraction of sp³-hybridized carbons (Fsp3) is 0.556. The van der Waals surface area contributed by atoms with Crippen LogP contribution in [0.5, 0.6) is 0 Å². The molecule has 0 bridgehead atoms. The first-order valence-corrected chi connectivity index (χ1v) is 4.94. The van der Waals surface area contributed by atoms with Gasteiger partial charge in [-0.1, -0.05) is 0 Å². The summed E-state index contributed by atoms with van der Waals surface area (Å²) >= 11 is 5.58. The lowest BCUT2D eigenvalue weighted by Gasteiger charge is -2.05. The van der Waals surface area contributed by atoms with E-state index in [2.05, 4.69) is 10.4 Å². The zero-order valence-electron chi connectivity index (χ0n) is 8.33. The first-order chi connectivity index (χ1) is 6.59. The lowest BCUT2D eigenvalue weighted by Crippen LogP contribution is -2.32. The number of rotatable bonds is 4. The Balaban J connectivity index is 2.25. The summed E-state index contributed by atoms with van der Waals surface area (Å²) in [6.45, 7) is 4.85. The van der Waals surface area contributed by atoms with Gasteiger partial charge < -0.3 is 5.32 Å². The molecule has 78 valence electrons. The Kier molecular flexibility index (Phi) is 3.95. The zero-order chi connectivity index (χ0) is 10.6. The number of aromatic nitrogens is 2. The summed E-state index contributed by atoms with van der Waals surface area (Å²) < 4.78 is 1.79. The van der Waals surface area contributed by atoms with Crippen LogP contribution in [0.25, 0.3) is 0 Å². The number of alkyl halides is 1. The van der Waals surface area contributed by atoms with Crippen molar-refractivity contribution in [3.8, 4) is 0 Å². The minimum atomic E-state index is -0.477. The number of halogens is 1. The van der Waals surface area contributed by atoms with Crippen LogP contribution < -0.4 is 5.32 Å². The number of hydrogen-bond donors (Lipinski definition) is 1. The van der Waals surface area contributed by atoms with Gasteiger partial charge in [-0.2, -0.15) is 5.10 Å². The highest BCUT2D eigenvalue weighted by Crippen LogP contribution is 1.94. The number of aryl methyl sites for hydroxylation is 1. The van der Waals surface area contributed by atoms with Crippen molar-refractivity contribution in [2.75, 3.05) is 6.54 Å². The van der Waals surface area contributed by atoms with Gasteiger partial charge in [0.1, 0.15) is 5.38 Å².